The third-order valence-electron chi connectivity index (χ3n) is 3.95. The van der Waals surface area contributed by atoms with Crippen LogP contribution >= 0.6 is 0 Å². The van der Waals surface area contributed by atoms with Gasteiger partial charge in [-0.3, -0.25) is 0 Å². The van der Waals surface area contributed by atoms with E-state index in [2.05, 4.69) is 79.4 Å². The van der Waals surface area contributed by atoms with Gasteiger partial charge in [-0.1, -0.05) is 51.1 Å². The summed E-state index contributed by atoms with van der Waals surface area (Å²) in [7, 11) is 0. The molecule has 1 aromatic heterocycles. The summed E-state index contributed by atoms with van der Waals surface area (Å²) in [6, 6.07) is 13.5. The summed E-state index contributed by atoms with van der Waals surface area (Å²) >= 11 is 0. The molecule has 1 unspecified atom stereocenters. The fourth-order valence-electron chi connectivity index (χ4n) is 2.85. The lowest BCUT2D eigenvalue weighted by atomic mass is 9.98. The minimum absolute atomic E-state index is 0.463. The third-order valence-corrected chi connectivity index (χ3v) is 3.95. The van der Waals surface area contributed by atoms with Gasteiger partial charge < -0.3 is 9.88 Å². The van der Waals surface area contributed by atoms with Crippen LogP contribution in [0.25, 0.3) is 0 Å². The fourth-order valence-corrected chi connectivity index (χ4v) is 2.85. The van der Waals surface area contributed by atoms with Gasteiger partial charge in [-0.2, -0.15) is 0 Å². The molecule has 21 heavy (non-hydrogen) atoms. The molecule has 2 aromatic rings. The summed E-state index contributed by atoms with van der Waals surface area (Å²) in [4.78, 5) is 0. The Morgan fingerprint density at radius 2 is 1.86 bits per heavy atom. The molecule has 0 spiro atoms. The highest BCUT2D eigenvalue weighted by Gasteiger charge is 2.15. The number of aryl methyl sites for hydroxylation is 2. The highest BCUT2D eigenvalue weighted by atomic mass is 15.0. The molecule has 0 aliphatic carbocycles. The molecule has 0 saturated heterocycles. The molecular weight excluding hydrogens is 256 g/mol. The lowest BCUT2D eigenvalue weighted by Crippen LogP contribution is -2.25. The van der Waals surface area contributed by atoms with Crippen molar-refractivity contribution < 1.29 is 0 Å². The van der Waals surface area contributed by atoms with E-state index in [1.54, 1.807) is 0 Å². The van der Waals surface area contributed by atoms with Gasteiger partial charge in [-0.25, -0.2) is 0 Å². The van der Waals surface area contributed by atoms with Crippen LogP contribution in [0.4, 0.5) is 0 Å². The smallest absolute Gasteiger partial charge is 0.0358 e. The number of rotatable bonds is 8. The van der Waals surface area contributed by atoms with E-state index in [0.717, 1.165) is 19.5 Å². The van der Waals surface area contributed by atoms with Crippen molar-refractivity contribution >= 4 is 0 Å². The van der Waals surface area contributed by atoms with Gasteiger partial charge in [0, 0.05) is 25.0 Å². The molecule has 1 aromatic carbocycles. The number of hydrogen-bond acceptors (Lipinski definition) is 1. The molecule has 114 valence electrons. The quantitative estimate of drug-likeness (QED) is 0.759. The van der Waals surface area contributed by atoms with Gasteiger partial charge >= 0.3 is 0 Å². The molecule has 0 saturated carbocycles. The molecule has 2 nitrogen and oxygen atoms in total. The molecule has 0 amide bonds. The first-order chi connectivity index (χ1) is 10.2. The van der Waals surface area contributed by atoms with Crippen molar-refractivity contribution in [3.63, 3.8) is 0 Å². The van der Waals surface area contributed by atoms with Gasteiger partial charge in [-0.15, -0.1) is 0 Å². The number of hydrogen-bond donors (Lipinski definition) is 1. The Kier molecular flexibility index (Phi) is 6.06. The predicted octanol–water partition coefficient (Wildman–Crippen LogP) is 4.43. The van der Waals surface area contributed by atoms with Crippen LogP contribution in [-0.4, -0.2) is 11.1 Å². The van der Waals surface area contributed by atoms with E-state index in [-0.39, 0.29) is 0 Å². The Morgan fingerprint density at radius 3 is 2.52 bits per heavy atom. The van der Waals surface area contributed by atoms with Gasteiger partial charge in [0.1, 0.15) is 0 Å². The molecule has 2 heteroatoms. The van der Waals surface area contributed by atoms with Crippen molar-refractivity contribution in [1.82, 2.24) is 9.88 Å². The number of nitrogens with zero attached hydrogens (tertiary/aromatic N) is 1. The Hall–Kier alpha value is -1.54. The summed E-state index contributed by atoms with van der Waals surface area (Å²) < 4.78 is 2.32. The molecular formula is C19H28N2. The summed E-state index contributed by atoms with van der Waals surface area (Å²) in [5, 5.41) is 3.58. The Morgan fingerprint density at radius 1 is 1.10 bits per heavy atom. The van der Waals surface area contributed by atoms with Crippen LogP contribution in [0.5, 0.6) is 0 Å². The van der Waals surface area contributed by atoms with Crippen LogP contribution in [0.2, 0.25) is 0 Å². The zero-order chi connectivity index (χ0) is 15.1. The van der Waals surface area contributed by atoms with Gasteiger partial charge in [0.2, 0.25) is 0 Å². The van der Waals surface area contributed by atoms with E-state index in [1.165, 1.54) is 17.5 Å². The minimum atomic E-state index is 0.463. The Labute approximate surface area is 129 Å². The molecule has 0 fully saturated rings. The highest BCUT2D eigenvalue weighted by Crippen LogP contribution is 2.22. The van der Waals surface area contributed by atoms with Crippen molar-refractivity contribution in [2.24, 2.45) is 5.92 Å². The van der Waals surface area contributed by atoms with Crippen molar-refractivity contribution in [3.05, 3.63) is 59.9 Å². The molecule has 2 rings (SSSR count). The number of aromatic nitrogens is 1. The zero-order valence-electron chi connectivity index (χ0n) is 13.5. The second kappa shape index (κ2) is 8.04. The summed E-state index contributed by atoms with van der Waals surface area (Å²) in [5.41, 5.74) is 2.84. The topological polar surface area (TPSA) is 17.0 Å². The van der Waals surface area contributed by atoms with Gasteiger partial charge in [-0.05, 0) is 42.5 Å². The molecule has 0 bridgehead atoms. The van der Waals surface area contributed by atoms with Crippen LogP contribution in [0.1, 0.15) is 44.4 Å². The van der Waals surface area contributed by atoms with Crippen molar-refractivity contribution in [2.45, 2.75) is 46.2 Å². The van der Waals surface area contributed by atoms with E-state index in [0.29, 0.717) is 12.0 Å². The Bertz CT molecular complexity index is 513. The lowest BCUT2D eigenvalue weighted by molar-refractivity contribution is 0.421. The highest BCUT2D eigenvalue weighted by molar-refractivity contribution is 5.17. The van der Waals surface area contributed by atoms with E-state index in [1.807, 2.05) is 0 Å². The second-order valence-corrected chi connectivity index (χ2v) is 6.05. The fraction of sp³-hybridized carbons (Fsp3) is 0.474. The lowest BCUT2D eigenvalue weighted by Gasteiger charge is -2.20. The average molecular weight is 284 g/mol. The van der Waals surface area contributed by atoms with Gasteiger partial charge in [0.15, 0.2) is 0 Å². The standard InChI is InChI=1S/C19H28N2/c1-4-20-19(16(2)3)18-12-14-21(15-18)13-8-11-17-9-6-5-7-10-17/h5-7,9-10,12,14-16,19-20H,4,8,11,13H2,1-3H3. The van der Waals surface area contributed by atoms with E-state index < -0.39 is 0 Å². The maximum Gasteiger partial charge on any atom is 0.0358 e. The van der Waals surface area contributed by atoms with Crippen molar-refractivity contribution in [1.29, 1.82) is 0 Å². The van der Waals surface area contributed by atoms with Crippen LogP contribution < -0.4 is 5.32 Å². The van der Waals surface area contributed by atoms with E-state index in [4.69, 9.17) is 0 Å². The van der Waals surface area contributed by atoms with Crippen LogP contribution in [0.15, 0.2) is 48.8 Å². The van der Waals surface area contributed by atoms with Crippen molar-refractivity contribution in [3.8, 4) is 0 Å². The Balaban J connectivity index is 1.87. The third kappa shape index (κ3) is 4.75. The normalized spacial score (nSPS) is 12.8. The molecule has 1 atom stereocenters. The maximum atomic E-state index is 3.58. The maximum absolute atomic E-state index is 3.58. The molecule has 0 aliphatic heterocycles. The molecule has 1 heterocycles. The largest absolute Gasteiger partial charge is 0.354 e. The first-order valence-electron chi connectivity index (χ1n) is 8.13. The summed E-state index contributed by atoms with van der Waals surface area (Å²) in [6.45, 7) is 8.83. The summed E-state index contributed by atoms with van der Waals surface area (Å²) in [5.74, 6) is 0.616. The number of benzene rings is 1. The minimum Gasteiger partial charge on any atom is -0.354 e. The van der Waals surface area contributed by atoms with Crippen LogP contribution in [-0.2, 0) is 13.0 Å². The zero-order valence-corrected chi connectivity index (χ0v) is 13.5. The second-order valence-electron chi connectivity index (χ2n) is 6.05. The van der Waals surface area contributed by atoms with Gasteiger partial charge in [0.25, 0.3) is 0 Å². The average Bonchev–Trinajstić information content (AvgIpc) is 2.94. The first-order valence-corrected chi connectivity index (χ1v) is 8.13. The van der Waals surface area contributed by atoms with Crippen LogP contribution in [0, 0.1) is 5.92 Å². The van der Waals surface area contributed by atoms with E-state index in [9.17, 15) is 0 Å². The monoisotopic (exact) mass is 284 g/mol. The van der Waals surface area contributed by atoms with E-state index >= 15 is 0 Å². The predicted molar refractivity (Wildman–Crippen MR) is 90.5 cm³/mol. The van der Waals surface area contributed by atoms with Gasteiger partial charge in [0.05, 0.1) is 0 Å². The SMILES string of the molecule is CCNC(c1ccn(CCCc2ccccc2)c1)C(C)C. The first kappa shape index (κ1) is 15.8. The molecule has 0 radical (unpaired) electrons. The van der Waals surface area contributed by atoms with Crippen LogP contribution in [0.3, 0.4) is 0 Å². The number of nitrogens with one attached hydrogen (secondary N) is 1. The molecule has 1 N–H and O–H groups in total. The molecule has 0 aliphatic rings. The summed E-state index contributed by atoms with van der Waals surface area (Å²) in [6.07, 6.45) is 6.85. The van der Waals surface area contributed by atoms with Crippen molar-refractivity contribution in [2.75, 3.05) is 6.54 Å².